The van der Waals surface area contributed by atoms with Crippen LogP contribution in [-0.2, 0) is 19.1 Å². The van der Waals surface area contributed by atoms with E-state index in [-0.39, 0.29) is 22.7 Å². The summed E-state index contributed by atoms with van der Waals surface area (Å²) in [7, 11) is 2.42. The van der Waals surface area contributed by atoms with Gasteiger partial charge in [0.25, 0.3) is 0 Å². The number of anilines is 1. The van der Waals surface area contributed by atoms with Gasteiger partial charge in [-0.25, -0.2) is 9.59 Å². The summed E-state index contributed by atoms with van der Waals surface area (Å²) in [5.74, 6) is -2.46. The van der Waals surface area contributed by atoms with E-state index in [1.54, 1.807) is 36.4 Å². The first-order valence-electron chi connectivity index (χ1n) is 9.38. The minimum Gasteiger partial charge on any atom is -0.466 e. The van der Waals surface area contributed by atoms with E-state index in [1.165, 1.54) is 19.1 Å². The Morgan fingerprint density at radius 2 is 1.69 bits per heavy atom. The first-order valence-corrected chi connectivity index (χ1v) is 11.0. The number of carbonyl (C=O) groups is 2. The summed E-state index contributed by atoms with van der Waals surface area (Å²) < 4.78 is 11.5. The van der Waals surface area contributed by atoms with Crippen LogP contribution in [0.1, 0.15) is 17.0 Å². The number of nitriles is 1. The van der Waals surface area contributed by atoms with E-state index in [2.05, 4.69) is 37.9 Å². The van der Waals surface area contributed by atoms with Crippen molar-refractivity contribution < 1.29 is 19.1 Å². The summed E-state index contributed by atoms with van der Waals surface area (Å²) in [6.07, 6.45) is 0. The molecule has 1 heterocycles. The standard InChI is InChI=1S/C23H19Br2N3O4/c1-12-9-17(16(25)10-15(12)24)28-20(23(30)32-3)19(22(29)31-2)18(14(11-26)21(28)27)13-7-5-4-6-8-13/h4-10,18H,27H2,1-3H3. The summed E-state index contributed by atoms with van der Waals surface area (Å²) in [4.78, 5) is 27.4. The van der Waals surface area contributed by atoms with Gasteiger partial charge in [-0.05, 0) is 46.1 Å². The van der Waals surface area contributed by atoms with Gasteiger partial charge in [-0.3, -0.25) is 4.90 Å². The van der Waals surface area contributed by atoms with E-state index in [9.17, 15) is 14.9 Å². The minimum atomic E-state index is -0.908. The van der Waals surface area contributed by atoms with E-state index in [0.29, 0.717) is 15.7 Å². The number of nitrogens with zero attached hydrogens (tertiary/aromatic N) is 2. The fourth-order valence-electron chi connectivity index (χ4n) is 3.58. The Bertz CT molecular complexity index is 1200. The molecule has 1 unspecified atom stereocenters. The van der Waals surface area contributed by atoms with Crippen molar-refractivity contribution in [2.45, 2.75) is 12.8 Å². The van der Waals surface area contributed by atoms with Gasteiger partial charge in [0, 0.05) is 8.95 Å². The van der Waals surface area contributed by atoms with E-state index >= 15 is 0 Å². The number of hydrogen-bond acceptors (Lipinski definition) is 7. The highest BCUT2D eigenvalue weighted by Gasteiger charge is 2.43. The lowest BCUT2D eigenvalue weighted by Crippen LogP contribution is -2.41. The molecule has 0 saturated carbocycles. The van der Waals surface area contributed by atoms with Crippen molar-refractivity contribution in [3.05, 3.63) is 85.2 Å². The monoisotopic (exact) mass is 559 g/mol. The quantitative estimate of drug-likeness (QED) is 0.552. The van der Waals surface area contributed by atoms with Crippen LogP contribution < -0.4 is 10.6 Å². The number of allylic oxidation sites excluding steroid dienone is 1. The van der Waals surface area contributed by atoms with Gasteiger partial charge in [-0.1, -0.05) is 46.3 Å². The third-order valence-corrected chi connectivity index (χ3v) is 6.57. The van der Waals surface area contributed by atoms with E-state index in [1.807, 2.05) is 13.0 Å². The highest BCUT2D eigenvalue weighted by molar-refractivity contribution is 9.11. The molecule has 0 fully saturated rings. The number of rotatable bonds is 4. The third-order valence-electron chi connectivity index (χ3n) is 5.08. The van der Waals surface area contributed by atoms with Crippen molar-refractivity contribution in [1.29, 1.82) is 5.26 Å². The summed E-state index contributed by atoms with van der Waals surface area (Å²) in [6.45, 7) is 1.87. The van der Waals surface area contributed by atoms with Crippen LogP contribution in [-0.4, -0.2) is 26.2 Å². The molecule has 0 spiro atoms. The lowest BCUT2D eigenvalue weighted by Gasteiger charge is -2.36. The topological polar surface area (TPSA) is 106 Å². The lowest BCUT2D eigenvalue weighted by molar-refractivity contribution is -0.139. The zero-order chi connectivity index (χ0) is 23.6. The molecule has 164 valence electrons. The van der Waals surface area contributed by atoms with Gasteiger partial charge < -0.3 is 15.2 Å². The van der Waals surface area contributed by atoms with Crippen molar-refractivity contribution in [3.63, 3.8) is 0 Å². The van der Waals surface area contributed by atoms with Gasteiger partial charge in [0.1, 0.15) is 11.5 Å². The SMILES string of the molecule is COC(=O)C1=C(C(=O)OC)N(c2cc(C)c(Br)cc2Br)C(N)=C(C#N)C1c1ccccc1. The summed E-state index contributed by atoms with van der Waals surface area (Å²) >= 11 is 6.96. The summed E-state index contributed by atoms with van der Waals surface area (Å²) in [5.41, 5.74) is 8.37. The number of carbonyl (C=O) groups excluding carboxylic acids is 2. The Balaban J connectivity index is 2.46. The molecule has 1 atom stereocenters. The van der Waals surface area contributed by atoms with Crippen LogP contribution >= 0.6 is 31.9 Å². The molecule has 0 aliphatic carbocycles. The van der Waals surface area contributed by atoms with Gasteiger partial charge in [0.15, 0.2) is 0 Å². The van der Waals surface area contributed by atoms with Gasteiger partial charge in [0.05, 0.1) is 43.0 Å². The fraction of sp³-hybridized carbons (Fsp3) is 0.174. The Morgan fingerprint density at radius 3 is 2.25 bits per heavy atom. The van der Waals surface area contributed by atoms with Gasteiger partial charge in [0.2, 0.25) is 0 Å². The van der Waals surface area contributed by atoms with Crippen molar-refractivity contribution in [2.75, 3.05) is 19.1 Å². The molecule has 2 aromatic carbocycles. The molecule has 0 bridgehead atoms. The lowest BCUT2D eigenvalue weighted by atomic mass is 9.81. The molecular weight excluding hydrogens is 542 g/mol. The largest absolute Gasteiger partial charge is 0.466 e. The predicted octanol–water partition coefficient (Wildman–Crippen LogP) is 4.42. The van der Waals surface area contributed by atoms with Crippen LogP contribution in [0, 0.1) is 18.3 Å². The molecule has 0 radical (unpaired) electrons. The van der Waals surface area contributed by atoms with E-state index < -0.39 is 17.9 Å². The molecule has 9 heteroatoms. The number of methoxy groups -OCH3 is 2. The molecule has 2 aromatic rings. The Labute approximate surface area is 202 Å². The second-order valence-corrected chi connectivity index (χ2v) is 8.60. The molecule has 1 aliphatic rings. The Morgan fingerprint density at radius 1 is 1.06 bits per heavy atom. The maximum absolute atomic E-state index is 13.0. The van der Waals surface area contributed by atoms with Gasteiger partial charge in [-0.2, -0.15) is 5.26 Å². The maximum Gasteiger partial charge on any atom is 0.355 e. The molecule has 0 saturated heterocycles. The third kappa shape index (κ3) is 4.04. The number of halogens is 2. The predicted molar refractivity (Wildman–Crippen MR) is 126 cm³/mol. The maximum atomic E-state index is 13.0. The zero-order valence-electron chi connectivity index (χ0n) is 17.5. The molecule has 32 heavy (non-hydrogen) atoms. The highest BCUT2D eigenvalue weighted by Crippen LogP contribution is 2.45. The zero-order valence-corrected chi connectivity index (χ0v) is 20.7. The second-order valence-electron chi connectivity index (χ2n) is 6.89. The number of aryl methyl sites for hydroxylation is 1. The molecule has 2 N–H and O–H groups in total. The van der Waals surface area contributed by atoms with Gasteiger partial charge >= 0.3 is 11.9 Å². The second kappa shape index (κ2) is 9.59. The number of benzene rings is 2. The first kappa shape index (κ1) is 23.6. The average Bonchev–Trinajstić information content (AvgIpc) is 2.80. The van der Waals surface area contributed by atoms with Crippen LogP contribution in [0.15, 0.2) is 74.1 Å². The van der Waals surface area contributed by atoms with Crippen molar-refractivity contribution in [1.82, 2.24) is 0 Å². The average molecular weight is 561 g/mol. The number of ether oxygens (including phenoxy) is 2. The molecule has 0 aromatic heterocycles. The molecule has 7 nitrogen and oxygen atoms in total. The van der Waals surface area contributed by atoms with Gasteiger partial charge in [-0.15, -0.1) is 0 Å². The molecule has 0 amide bonds. The first-order chi connectivity index (χ1) is 15.3. The number of nitrogens with two attached hydrogens (primary N) is 1. The summed E-state index contributed by atoms with van der Waals surface area (Å²) in [6, 6.07) is 14.6. The molecule has 1 aliphatic heterocycles. The summed E-state index contributed by atoms with van der Waals surface area (Å²) in [5, 5.41) is 10.1. The Hall–Kier alpha value is -3.09. The minimum absolute atomic E-state index is 0.0110. The van der Waals surface area contributed by atoms with E-state index in [0.717, 1.165) is 10.0 Å². The van der Waals surface area contributed by atoms with E-state index in [4.69, 9.17) is 15.2 Å². The van der Waals surface area contributed by atoms with Crippen LogP contribution in [0.2, 0.25) is 0 Å². The number of esters is 2. The number of hydrogen-bond donors (Lipinski definition) is 1. The van der Waals surface area contributed by atoms with Crippen molar-refractivity contribution in [2.24, 2.45) is 5.73 Å². The smallest absolute Gasteiger partial charge is 0.355 e. The van der Waals surface area contributed by atoms with Crippen LogP contribution in [0.25, 0.3) is 0 Å². The fourth-order valence-corrected chi connectivity index (χ4v) is 4.75. The van der Waals surface area contributed by atoms with Crippen LogP contribution in [0.3, 0.4) is 0 Å². The van der Waals surface area contributed by atoms with Crippen molar-refractivity contribution >= 4 is 49.5 Å². The molecular formula is C23H19Br2N3O4. The van der Waals surface area contributed by atoms with Crippen LogP contribution in [0.4, 0.5) is 5.69 Å². The Kier molecular flexibility index (Phi) is 7.06. The normalized spacial score (nSPS) is 16.0. The van der Waals surface area contributed by atoms with Crippen molar-refractivity contribution in [3.8, 4) is 6.07 Å². The molecule has 3 rings (SSSR count). The van der Waals surface area contributed by atoms with Crippen LogP contribution in [0.5, 0.6) is 0 Å². The highest BCUT2D eigenvalue weighted by atomic mass is 79.9.